The molecule has 1 saturated heterocycles. The Kier molecular flexibility index (Phi) is 2.06. The standard InChI is InChI=1S/C3H5OS.Li/c1-3(4)2-5-3;/h2,4H,1H3;/q-1;+1. The van der Waals surface area contributed by atoms with Crippen LogP contribution in [0.3, 0.4) is 0 Å². The second-order valence-electron chi connectivity index (χ2n) is 1.29. The van der Waals surface area contributed by atoms with E-state index < -0.39 is 4.93 Å². The van der Waals surface area contributed by atoms with Gasteiger partial charge in [0.2, 0.25) is 0 Å². The first kappa shape index (κ1) is 6.91. The normalized spacial score (nSPS) is 41.0. The van der Waals surface area contributed by atoms with E-state index in [0.717, 1.165) is 0 Å². The summed E-state index contributed by atoms with van der Waals surface area (Å²) in [5.74, 6) is 1.78. The number of aliphatic hydroxyl groups is 1. The fourth-order valence-corrected chi connectivity index (χ4v) is 0.256. The van der Waals surface area contributed by atoms with Gasteiger partial charge in [0.25, 0.3) is 0 Å². The smallest absolute Gasteiger partial charge is 0.414 e. The summed E-state index contributed by atoms with van der Waals surface area (Å²) in [6.45, 7) is 1.76. The molecule has 0 spiro atoms. The quantitative estimate of drug-likeness (QED) is 0.206. The molecule has 0 amide bonds. The summed E-state index contributed by atoms with van der Waals surface area (Å²) < 4.78 is 0. The first-order valence-corrected chi connectivity index (χ1v) is 2.33. The van der Waals surface area contributed by atoms with Crippen LogP contribution in [0.2, 0.25) is 0 Å². The van der Waals surface area contributed by atoms with Crippen LogP contribution in [0.25, 0.3) is 0 Å². The van der Waals surface area contributed by atoms with Crippen molar-refractivity contribution in [2.24, 2.45) is 0 Å². The van der Waals surface area contributed by atoms with Crippen molar-refractivity contribution in [3.63, 3.8) is 0 Å². The molecule has 0 saturated carbocycles. The molecule has 30 valence electrons. The first-order valence-electron chi connectivity index (χ1n) is 1.45. The van der Waals surface area contributed by atoms with Crippen molar-refractivity contribution >= 4 is 11.8 Å². The topological polar surface area (TPSA) is 20.2 Å². The summed E-state index contributed by atoms with van der Waals surface area (Å²) in [5.41, 5.74) is 0. The van der Waals surface area contributed by atoms with Crippen LogP contribution in [0.5, 0.6) is 0 Å². The molecule has 1 N–H and O–H groups in total. The molecule has 1 aliphatic heterocycles. The maximum Gasteiger partial charge on any atom is 1.00 e. The second-order valence-corrected chi connectivity index (χ2v) is 2.59. The molecule has 0 bridgehead atoms. The summed E-state index contributed by atoms with van der Waals surface area (Å²) in [7, 11) is 0. The Morgan fingerprint density at radius 3 is 2.00 bits per heavy atom. The SMILES string of the molecule is CC1(O)[CH-]S1.[Li+]. The fourth-order valence-electron chi connectivity index (χ4n) is 0.0853. The Bertz CT molecular complexity index is 48.8. The summed E-state index contributed by atoms with van der Waals surface area (Å²) in [6, 6.07) is 0. The number of rotatable bonds is 0. The summed E-state index contributed by atoms with van der Waals surface area (Å²) in [5, 5.41) is 8.54. The Morgan fingerprint density at radius 1 is 1.83 bits per heavy atom. The zero-order valence-electron chi connectivity index (χ0n) is 3.93. The van der Waals surface area contributed by atoms with Gasteiger partial charge in [0.1, 0.15) is 0 Å². The molecular formula is C3H5LiOS. The summed E-state index contributed by atoms with van der Waals surface area (Å²) in [4.78, 5) is -0.458. The third kappa shape index (κ3) is 2.15. The Labute approximate surface area is 53.7 Å². The minimum Gasteiger partial charge on any atom is -0.414 e. The van der Waals surface area contributed by atoms with E-state index in [1.807, 2.05) is 0 Å². The van der Waals surface area contributed by atoms with E-state index in [-0.39, 0.29) is 18.9 Å². The average Bonchev–Trinajstić information content (AvgIpc) is 1.76. The molecule has 1 aliphatic rings. The third-order valence-electron chi connectivity index (χ3n) is 0.459. The predicted octanol–water partition coefficient (Wildman–Crippen LogP) is -2.39. The molecule has 1 unspecified atom stereocenters. The van der Waals surface area contributed by atoms with Crippen LogP contribution < -0.4 is 18.9 Å². The van der Waals surface area contributed by atoms with E-state index in [4.69, 9.17) is 5.11 Å². The van der Waals surface area contributed by atoms with Crippen molar-refractivity contribution in [2.45, 2.75) is 11.9 Å². The molecule has 1 fully saturated rings. The van der Waals surface area contributed by atoms with Crippen LogP contribution in [0.15, 0.2) is 0 Å². The Hall–Kier alpha value is 0.907. The van der Waals surface area contributed by atoms with Crippen LogP contribution in [0, 0.1) is 5.75 Å². The van der Waals surface area contributed by atoms with Gasteiger partial charge in [-0.25, -0.2) is 5.75 Å². The average molecular weight is 96.1 g/mol. The second kappa shape index (κ2) is 1.79. The number of hydrogen-bond acceptors (Lipinski definition) is 2. The van der Waals surface area contributed by atoms with Crippen molar-refractivity contribution in [1.82, 2.24) is 0 Å². The molecule has 1 atom stereocenters. The van der Waals surface area contributed by atoms with Gasteiger partial charge in [0.15, 0.2) is 0 Å². The monoisotopic (exact) mass is 96.0 g/mol. The van der Waals surface area contributed by atoms with Gasteiger partial charge in [-0.2, -0.15) is 0 Å². The molecule has 1 heterocycles. The maximum absolute atomic E-state index is 8.54. The van der Waals surface area contributed by atoms with Crippen LogP contribution in [0.1, 0.15) is 6.92 Å². The molecular weight excluding hydrogens is 91.0 g/mol. The van der Waals surface area contributed by atoms with Gasteiger partial charge >= 0.3 is 18.9 Å². The number of hydrogen-bond donors (Lipinski definition) is 1. The molecule has 0 aromatic rings. The fraction of sp³-hybridized carbons (Fsp3) is 0.667. The van der Waals surface area contributed by atoms with E-state index in [9.17, 15) is 0 Å². The first-order chi connectivity index (χ1) is 2.21. The van der Waals surface area contributed by atoms with Crippen molar-refractivity contribution in [1.29, 1.82) is 0 Å². The molecule has 0 aliphatic carbocycles. The van der Waals surface area contributed by atoms with Crippen LogP contribution in [-0.4, -0.2) is 10.0 Å². The van der Waals surface area contributed by atoms with E-state index in [1.54, 1.807) is 12.7 Å². The Balaban J connectivity index is 0.000000250. The number of thioether (sulfide) groups is 1. The molecule has 6 heavy (non-hydrogen) atoms. The summed E-state index contributed by atoms with van der Waals surface area (Å²) in [6.07, 6.45) is 0. The van der Waals surface area contributed by atoms with E-state index in [1.165, 1.54) is 11.8 Å². The van der Waals surface area contributed by atoms with Gasteiger partial charge in [-0.15, -0.1) is 0 Å². The summed E-state index contributed by atoms with van der Waals surface area (Å²) >= 11 is 1.46. The van der Waals surface area contributed by atoms with Gasteiger partial charge in [-0.1, -0.05) is 6.92 Å². The van der Waals surface area contributed by atoms with Gasteiger partial charge in [0, 0.05) is 0 Å². The Morgan fingerprint density at radius 2 is 2.00 bits per heavy atom. The maximum atomic E-state index is 8.54. The van der Waals surface area contributed by atoms with Crippen molar-refractivity contribution in [3.05, 3.63) is 5.75 Å². The molecule has 0 aromatic heterocycles. The minimum absolute atomic E-state index is 0. The molecule has 3 heteroatoms. The molecule has 0 aromatic carbocycles. The largest absolute Gasteiger partial charge is 1.00 e. The predicted molar refractivity (Wildman–Crippen MR) is 22.5 cm³/mol. The molecule has 1 rings (SSSR count). The van der Waals surface area contributed by atoms with Gasteiger partial charge in [-0.3, -0.25) is 0 Å². The van der Waals surface area contributed by atoms with Crippen LogP contribution >= 0.6 is 11.8 Å². The van der Waals surface area contributed by atoms with Gasteiger partial charge in [-0.05, 0) is 4.93 Å². The molecule has 0 radical (unpaired) electrons. The van der Waals surface area contributed by atoms with Gasteiger partial charge in [0.05, 0.1) is 0 Å². The van der Waals surface area contributed by atoms with E-state index >= 15 is 0 Å². The zero-order chi connectivity index (χ0) is 3.91. The molecule has 1 nitrogen and oxygen atoms in total. The van der Waals surface area contributed by atoms with Crippen molar-refractivity contribution < 1.29 is 24.0 Å². The van der Waals surface area contributed by atoms with Crippen molar-refractivity contribution in [3.8, 4) is 0 Å². The van der Waals surface area contributed by atoms with E-state index in [2.05, 4.69) is 0 Å². The van der Waals surface area contributed by atoms with Crippen LogP contribution in [0.4, 0.5) is 0 Å². The third-order valence-corrected chi connectivity index (χ3v) is 1.38. The minimum atomic E-state index is -0.458. The van der Waals surface area contributed by atoms with E-state index in [0.29, 0.717) is 0 Å². The van der Waals surface area contributed by atoms with Crippen LogP contribution in [-0.2, 0) is 0 Å². The van der Waals surface area contributed by atoms with Gasteiger partial charge < -0.3 is 16.9 Å². The zero-order valence-corrected chi connectivity index (χ0v) is 4.75. The van der Waals surface area contributed by atoms with Crippen molar-refractivity contribution in [2.75, 3.05) is 0 Å².